The summed E-state index contributed by atoms with van der Waals surface area (Å²) in [5.74, 6) is -0.493. The van der Waals surface area contributed by atoms with E-state index in [-0.39, 0.29) is 28.0 Å². The predicted octanol–water partition coefficient (Wildman–Crippen LogP) is 3.35. The Hall–Kier alpha value is -1.34. The van der Waals surface area contributed by atoms with E-state index in [0.29, 0.717) is 6.42 Å². The standard InChI is InChI=1S/C15H16Cl2N2O3S/c1-2-19(8-6-12-5-3-4-7-18-12)23(21,22)14-10-11(16)9-13(17)15(14)20/h3-5,7,9-10,20H,2,6,8H2,1H3. The highest BCUT2D eigenvalue weighted by atomic mass is 35.5. The molecule has 1 aromatic heterocycles. The SMILES string of the molecule is CCN(CCc1ccccn1)S(=O)(=O)c1cc(Cl)cc(Cl)c1O. The van der Waals surface area contributed by atoms with Gasteiger partial charge >= 0.3 is 0 Å². The Morgan fingerprint density at radius 1 is 1.26 bits per heavy atom. The number of phenols is 1. The van der Waals surface area contributed by atoms with E-state index in [9.17, 15) is 13.5 Å². The average molecular weight is 375 g/mol. The normalized spacial score (nSPS) is 11.8. The lowest BCUT2D eigenvalue weighted by Gasteiger charge is -2.21. The van der Waals surface area contributed by atoms with Gasteiger partial charge in [-0.1, -0.05) is 36.2 Å². The molecular formula is C15H16Cl2N2O3S. The Morgan fingerprint density at radius 2 is 2.00 bits per heavy atom. The van der Waals surface area contributed by atoms with Gasteiger partial charge in [0.2, 0.25) is 10.0 Å². The molecule has 0 bridgehead atoms. The van der Waals surface area contributed by atoms with Crippen molar-refractivity contribution in [3.63, 3.8) is 0 Å². The van der Waals surface area contributed by atoms with Crippen molar-refractivity contribution in [3.05, 3.63) is 52.3 Å². The van der Waals surface area contributed by atoms with Gasteiger partial charge in [0.25, 0.3) is 0 Å². The minimum atomic E-state index is -3.91. The quantitative estimate of drug-likeness (QED) is 0.841. The number of pyridine rings is 1. The first-order chi connectivity index (χ1) is 10.9. The van der Waals surface area contributed by atoms with E-state index in [1.807, 2.05) is 12.1 Å². The van der Waals surface area contributed by atoms with Gasteiger partial charge in [-0.3, -0.25) is 4.98 Å². The predicted molar refractivity (Wildman–Crippen MR) is 90.5 cm³/mol. The van der Waals surface area contributed by atoms with E-state index >= 15 is 0 Å². The maximum absolute atomic E-state index is 12.7. The Kier molecular flexibility index (Phi) is 5.86. The molecule has 1 heterocycles. The number of nitrogens with zero attached hydrogens (tertiary/aromatic N) is 2. The van der Waals surface area contributed by atoms with Crippen LogP contribution in [0, 0.1) is 0 Å². The molecule has 8 heteroatoms. The summed E-state index contributed by atoms with van der Waals surface area (Å²) < 4.78 is 26.7. The molecule has 5 nitrogen and oxygen atoms in total. The van der Waals surface area contributed by atoms with Crippen LogP contribution >= 0.6 is 23.2 Å². The van der Waals surface area contributed by atoms with Gasteiger partial charge in [0.1, 0.15) is 4.90 Å². The van der Waals surface area contributed by atoms with Crippen LogP contribution in [0.3, 0.4) is 0 Å². The lowest BCUT2D eigenvalue weighted by molar-refractivity contribution is 0.418. The molecule has 23 heavy (non-hydrogen) atoms. The summed E-state index contributed by atoms with van der Waals surface area (Å²) in [7, 11) is -3.91. The van der Waals surface area contributed by atoms with Gasteiger partial charge in [-0.15, -0.1) is 0 Å². The summed E-state index contributed by atoms with van der Waals surface area (Å²) in [5.41, 5.74) is 0.787. The first-order valence-electron chi connectivity index (χ1n) is 6.94. The summed E-state index contributed by atoms with van der Waals surface area (Å²) >= 11 is 11.7. The molecule has 0 aliphatic rings. The zero-order chi connectivity index (χ0) is 17.0. The van der Waals surface area contributed by atoms with Crippen LogP contribution in [0.15, 0.2) is 41.4 Å². The van der Waals surface area contributed by atoms with Crippen molar-refractivity contribution in [1.82, 2.24) is 9.29 Å². The zero-order valence-electron chi connectivity index (χ0n) is 12.4. The molecule has 0 radical (unpaired) electrons. The van der Waals surface area contributed by atoms with E-state index in [1.54, 1.807) is 19.2 Å². The lowest BCUT2D eigenvalue weighted by Crippen LogP contribution is -2.33. The van der Waals surface area contributed by atoms with Crippen LogP contribution in [-0.4, -0.2) is 35.9 Å². The van der Waals surface area contributed by atoms with Crippen LogP contribution in [0.25, 0.3) is 0 Å². The minimum Gasteiger partial charge on any atom is -0.505 e. The summed E-state index contributed by atoms with van der Waals surface area (Å²) in [6.45, 7) is 2.21. The summed E-state index contributed by atoms with van der Waals surface area (Å²) in [4.78, 5) is 3.88. The Bertz CT molecular complexity index is 783. The zero-order valence-corrected chi connectivity index (χ0v) is 14.7. The van der Waals surface area contributed by atoms with Crippen LogP contribution in [0.2, 0.25) is 10.0 Å². The molecule has 0 fully saturated rings. The molecule has 0 unspecified atom stereocenters. The van der Waals surface area contributed by atoms with Crippen molar-refractivity contribution in [2.24, 2.45) is 0 Å². The fraction of sp³-hybridized carbons (Fsp3) is 0.267. The first kappa shape index (κ1) is 18.0. The number of likely N-dealkylation sites (N-methyl/N-ethyl adjacent to an activating group) is 1. The molecule has 1 aromatic carbocycles. The van der Waals surface area contributed by atoms with Crippen LogP contribution < -0.4 is 0 Å². The van der Waals surface area contributed by atoms with Crippen molar-refractivity contribution in [2.45, 2.75) is 18.2 Å². The average Bonchev–Trinajstić information content (AvgIpc) is 2.52. The first-order valence-corrected chi connectivity index (χ1v) is 9.14. The number of hydrogen-bond donors (Lipinski definition) is 1. The van der Waals surface area contributed by atoms with Gasteiger partial charge in [-0.05, 0) is 24.3 Å². The van der Waals surface area contributed by atoms with Crippen LogP contribution in [0.4, 0.5) is 0 Å². The van der Waals surface area contributed by atoms with Gasteiger partial charge in [0, 0.05) is 36.4 Å². The van der Waals surface area contributed by atoms with Gasteiger partial charge < -0.3 is 5.11 Å². The monoisotopic (exact) mass is 374 g/mol. The fourth-order valence-corrected chi connectivity index (χ4v) is 4.31. The molecule has 0 amide bonds. The van der Waals surface area contributed by atoms with Crippen molar-refractivity contribution < 1.29 is 13.5 Å². The highest BCUT2D eigenvalue weighted by molar-refractivity contribution is 7.89. The Balaban J connectivity index is 2.29. The number of rotatable bonds is 6. The molecule has 0 saturated heterocycles. The van der Waals surface area contributed by atoms with Crippen molar-refractivity contribution in [1.29, 1.82) is 0 Å². The third-order valence-corrected chi connectivity index (χ3v) is 5.80. The molecule has 1 N–H and O–H groups in total. The molecule has 2 rings (SSSR count). The van der Waals surface area contributed by atoms with Crippen molar-refractivity contribution >= 4 is 33.2 Å². The van der Waals surface area contributed by atoms with Gasteiger partial charge in [-0.2, -0.15) is 4.31 Å². The molecule has 0 atom stereocenters. The Labute approximate surface area is 145 Å². The summed E-state index contributed by atoms with van der Waals surface area (Å²) in [6.07, 6.45) is 2.12. The maximum Gasteiger partial charge on any atom is 0.246 e. The van der Waals surface area contributed by atoms with Crippen LogP contribution in [0.5, 0.6) is 5.75 Å². The second kappa shape index (κ2) is 7.49. The third kappa shape index (κ3) is 4.14. The van der Waals surface area contributed by atoms with Gasteiger partial charge in [0.15, 0.2) is 5.75 Å². The Morgan fingerprint density at radius 3 is 2.61 bits per heavy atom. The molecule has 2 aromatic rings. The number of aromatic nitrogens is 1. The minimum absolute atomic E-state index is 0.100. The third-order valence-electron chi connectivity index (χ3n) is 3.31. The largest absolute Gasteiger partial charge is 0.505 e. The summed E-state index contributed by atoms with van der Waals surface area (Å²) in [5, 5.41) is 10.0. The van der Waals surface area contributed by atoms with E-state index < -0.39 is 15.8 Å². The van der Waals surface area contributed by atoms with Crippen molar-refractivity contribution in [2.75, 3.05) is 13.1 Å². The topological polar surface area (TPSA) is 70.5 Å². The lowest BCUT2D eigenvalue weighted by atomic mass is 10.3. The van der Waals surface area contributed by atoms with Crippen molar-refractivity contribution in [3.8, 4) is 5.75 Å². The fourth-order valence-electron chi connectivity index (χ4n) is 2.11. The second-order valence-electron chi connectivity index (χ2n) is 4.80. The molecule has 124 valence electrons. The highest BCUT2D eigenvalue weighted by Gasteiger charge is 2.27. The molecule has 0 saturated carbocycles. The highest BCUT2D eigenvalue weighted by Crippen LogP contribution is 2.35. The van der Waals surface area contributed by atoms with Gasteiger partial charge in [-0.25, -0.2) is 8.42 Å². The smallest absolute Gasteiger partial charge is 0.246 e. The molecule has 0 spiro atoms. The molecule has 0 aliphatic heterocycles. The number of phenolic OH excluding ortho intramolecular Hbond substituents is 1. The maximum atomic E-state index is 12.7. The van der Waals surface area contributed by atoms with E-state index in [1.165, 1.54) is 16.4 Å². The van der Waals surface area contributed by atoms with Gasteiger partial charge in [0.05, 0.1) is 5.02 Å². The number of sulfonamides is 1. The number of benzene rings is 1. The number of aromatic hydroxyl groups is 1. The number of halogens is 2. The van der Waals surface area contributed by atoms with Crippen LogP contribution in [-0.2, 0) is 16.4 Å². The molecular weight excluding hydrogens is 359 g/mol. The summed E-state index contributed by atoms with van der Waals surface area (Å²) in [6, 6.07) is 7.96. The van der Waals surface area contributed by atoms with E-state index in [0.717, 1.165) is 5.69 Å². The second-order valence-corrected chi connectivity index (χ2v) is 7.55. The van der Waals surface area contributed by atoms with E-state index in [2.05, 4.69) is 4.98 Å². The van der Waals surface area contributed by atoms with Crippen LogP contribution in [0.1, 0.15) is 12.6 Å². The van der Waals surface area contributed by atoms with E-state index in [4.69, 9.17) is 23.2 Å². The molecule has 0 aliphatic carbocycles. The number of hydrogen-bond acceptors (Lipinski definition) is 4.